The summed E-state index contributed by atoms with van der Waals surface area (Å²) in [6.45, 7) is 6.67. The summed E-state index contributed by atoms with van der Waals surface area (Å²) in [4.78, 5) is 30.7. The molecule has 2 atom stereocenters. The van der Waals surface area contributed by atoms with Crippen molar-refractivity contribution in [1.29, 1.82) is 0 Å². The van der Waals surface area contributed by atoms with Gasteiger partial charge in [0.15, 0.2) is 5.69 Å². The number of carbonyl (C=O) groups excluding carboxylic acids is 1. The van der Waals surface area contributed by atoms with Crippen LogP contribution in [-0.2, 0) is 0 Å². The molecule has 1 aliphatic carbocycles. The standard InChI is InChI=1S/C22H26N8O/c1-13-4-5-18(30-26-6-7-27-30)21(28-13)22(31)29-17-8-16(9-17)15(3)19(29)11-25-20-12-23-14(2)10-24-20/h4-7,10,12,15-17,19H,8-9,11H2,1-3H3,(H,24,25)/t15-,16?,17?,19?/m1/s1. The topological polar surface area (TPSA) is 102 Å². The van der Waals surface area contributed by atoms with E-state index in [1.54, 1.807) is 24.8 Å². The molecule has 1 amide bonds. The van der Waals surface area contributed by atoms with Gasteiger partial charge < -0.3 is 10.2 Å². The summed E-state index contributed by atoms with van der Waals surface area (Å²) in [5.41, 5.74) is 2.67. The zero-order valence-electron chi connectivity index (χ0n) is 17.9. The number of aryl methyl sites for hydroxylation is 2. The normalized spacial score (nSPS) is 24.5. The first kappa shape index (κ1) is 19.6. The number of hydrogen-bond donors (Lipinski definition) is 1. The predicted molar refractivity (Wildman–Crippen MR) is 115 cm³/mol. The number of anilines is 1. The van der Waals surface area contributed by atoms with Crippen molar-refractivity contribution in [3.63, 3.8) is 0 Å². The van der Waals surface area contributed by atoms with E-state index in [1.807, 2.05) is 30.9 Å². The summed E-state index contributed by atoms with van der Waals surface area (Å²) in [5, 5.41) is 11.8. The molecule has 0 radical (unpaired) electrons. The first-order chi connectivity index (χ1) is 15.0. The van der Waals surface area contributed by atoms with Gasteiger partial charge in [0.2, 0.25) is 0 Å². The molecule has 160 valence electrons. The van der Waals surface area contributed by atoms with Gasteiger partial charge in [0, 0.05) is 18.3 Å². The van der Waals surface area contributed by atoms with Crippen molar-refractivity contribution in [2.45, 2.75) is 45.7 Å². The molecule has 2 bridgehead atoms. The van der Waals surface area contributed by atoms with Crippen LogP contribution in [0.2, 0.25) is 0 Å². The number of fused-ring (bicyclic) bond motifs is 2. The van der Waals surface area contributed by atoms with Crippen molar-refractivity contribution in [3.05, 3.63) is 54.0 Å². The van der Waals surface area contributed by atoms with E-state index in [0.717, 1.165) is 30.0 Å². The molecule has 0 aromatic carbocycles. The molecule has 31 heavy (non-hydrogen) atoms. The van der Waals surface area contributed by atoms with E-state index in [2.05, 4.69) is 37.4 Å². The smallest absolute Gasteiger partial charge is 0.275 e. The Kier molecular flexibility index (Phi) is 4.88. The molecule has 3 aromatic heterocycles. The molecular weight excluding hydrogens is 392 g/mol. The van der Waals surface area contributed by atoms with Gasteiger partial charge in [0.1, 0.15) is 11.5 Å². The van der Waals surface area contributed by atoms with Crippen molar-refractivity contribution < 1.29 is 4.79 Å². The number of nitrogens with one attached hydrogen (secondary N) is 1. The lowest BCUT2D eigenvalue weighted by atomic mass is 9.64. The Hall–Kier alpha value is -3.36. The van der Waals surface area contributed by atoms with Crippen LogP contribution >= 0.6 is 0 Å². The van der Waals surface area contributed by atoms with Crippen LogP contribution in [-0.4, -0.2) is 59.4 Å². The lowest BCUT2D eigenvalue weighted by molar-refractivity contribution is -0.0505. The van der Waals surface area contributed by atoms with Gasteiger partial charge in [-0.2, -0.15) is 10.2 Å². The van der Waals surface area contributed by atoms with Gasteiger partial charge in [-0.05, 0) is 50.7 Å². The molecule has 6 rings (SSSR count). The van der Waals surface area contributed by atoms with E-state index in [4.69, 9.17) is 0 Å². The highest BCUT2D eigenvalue weighted by molar-refractivity contribution is 5.96. The van der Waals surface area contributed by atoms with Crippen molar-refractivity contribution in [1.82, 2.24) is 34.8 Å². The van der Waals surface area contributed by atoms with Gasteiger partial charge >= 0.3 is 0 Å². The number of rotatable bonds is 5. The Balaban J connectivity index is 1.45. The number of hydrogen-bond acceptors (Lipinski definition) is 7. The number of aromatic nitrogens is 6. The predicted octanol–water partition coefficient (Wildman–Crippen LogP) is 2.42. The minimum Gasteiger partial charge on any atom is -0.367 e. The van der Waals surface area contributed by atoms with E-state index >= 15 is 0 Å². The van der Waals surface area contributed by atoms with Crippen LogP contribution in [0.3, 0.4) is 0 Å². The fraction of sp³-hybridized carbons (Fsp3) is 0.455. The maximum absolute atomic E-state index is 13.9. The SMILES string of the molecule is Cc1cnc(NCC2[C@H](C)C3CC(C3)N2C(=O)c2nc(C)ccc2-n2nccn2)cn1. The minimum atomic E-state index is -0.0622. The number of nitrogens with zero attached hydrogens (tertiary/aromatic N) is 7. The molecule has 2 aliphatic heterocycles. The third-order valence-corrected chi connectivity index (χ3v) is 6.61. The molecular formula is C22H26N8O. The Morgan fingerprint density at radius 1 is 1.10 bits per heavy atom. The van der Waals surface area contributed by atoms with Gasteiger partial charge in [0.05, 0.1) is 36.5 Å². The molecule has 1 saturated carbocycles. The number of pyridine rings is 1. The van der Waals surface area contributed by atoms with Gasteiger partial charge in [-0.3, -0.25) is 9.78 Å². The molecule has 5 heterocycles. The fourth-order valence-electron chi connectivity index (χ4n) is 4.75. The number of piperidine rings is 2. The average molecular weight is 419 g/mol. The Labute approximate surface area is 180 Å². The van der Waals surface area contributed by atoms with Crippen LogP contribution in [0.1, 0.15) is 41.6 Å². The van der Waals surface area contributed by atoms with Crippen LogP contribution < -0.4 is 5.32 Å². The highest BCUT2D eigenvalue weighted by atomic mass is 16.2. The lowest BCUT2D eigenvalue weighted by Gasteiger charge is -2.57. The Morgan fingerprint density at radius 2 is 1.87 bits per heavy atom. The second-order valence-electron chi connectivity index (χ2n) is 8.59. The van der Waals surface area contributed by atoms with Crippen LogP contribution in [0.4, 0.5) is 5.82 Å². The summed E-state index contributed by atoms with van der Waals surface area (Å²) in [5.74, 6) is 1.70. The second kappa shape index (κ2) is 7.72. The summed E-state index contributed by atoms with van der Waals surface area (Å²) < 4.78 is 0. The van der Waals surface area contributed by atoms with E-state index in [9.17, 15) is 4.79 Å². The third-order valence-electron chi connectivity index (χ3n) is 6.61. The highest BCUT2D eigenvalue weighted by Crippen LogP contribution is 2.47. The zero-order chi connectivity index (χ0) is 21.5. The number of carbonyl (C=O) groups is 1. The van der Waals surface area contributed by atoms with E-state index in [-0.39, 0.29) is 18.0 Å². The molecule has 1 N–H and O–H groups in total. The monoisotopic (exact) mass is 418 g/mol. The largest absolute Gasteiger partial charge is 0.367 e. The zero-order valence-corrected chi connectivity index (χ0v) is 17.9. The second-order valence-corrected chi connectivity index (χ2v) is 8.59. The molecule has 9 heteroatoms. The van der Waals surface area contributed by atoms with Crippen LogP contribution in [0.5, 0.6) is 0 Å². The maximum Gasteiger partial charge on any atom is 0.275 e. The summed E-state index contributed by atoms with van der Waals surface area (Å²) in [6, 6.07) is 4.03. The van der Waals surface area contributed by atoms with E-state index in [1.165, 1.54) is 4.80 Å². The van der Waals surface area contributed by atoms with Gasteiger partial charge in [-0.15, -0.1) is 4.80 Å². The number of amides is 1. The van der Waals surface area contributed by atoms with Crippen LogP contribution in [0.15, 0.2) is 36.9 Å². The van der Waals surface area contributed by atoms with Crippen molar-refractivity contribution in [2.75, 3.05) is 11.9 Å². The summed E-state index contributed by atoms with van der Waals surface area (Å²) in [6.07, 6.45) is 8.78. The molecule has 3 aliphatic rings. The van der Waals surface area contributed by atoms with Crippen molar-refractivity contribution >= 4 is 11.7 Å². The van der Waals surface area contributed by atoms with Crippen molar-refractivity contribution in [3.8, 4) is 5.69 Å². The maximum atomic E-state index is 13.9. The van der Waals surface area contributed by atoms with E-state index in [0.29, 0.717) is 29.8 Å². The van der Waals surface area contributed by atoms with Gasteiger partial charge in [0.25, 0.3) is 5.91 Å². The van der Waals surface area contributed by atoms with E-state index < -0.39 is 0 Å². The molecule has 9 nitrogen and oxygen atoms in total. The van der Waals surface area contributed by atoms with Crippen LogP contribution in [0, 0.1) is 25.7 Å². The van der Waals surface area contributed by atoms with Crippen molar-refractivity contribution in [2.24, 2.45) is 11.8 Å². The molecule has 3 aromatic rings. The lowest BCUT2D eigenvalue weighted by Crippen LogP contribution is -2.64. The van der Waals surface area contributed by atoms with Crippen LogP contribution in [0.25, 0.3) is 5.69 Å². The first-order valence-electron chi connectivity index (χ1n) is 10.7. The Bertz CT molecular complexity index is 1080. The molecule has 3 fully saturated rings. The summed E-state index contributed by atoms with van der Waals surface area (Å²) >= 11 is 0. The molecule has 0 spiro atoms. The minimum absolute atomic E-state index is 0.0499. The Morgan fingerprint density at radius 3 is 2.58 bits per heavy atom. The summed E-state index contributed by atoms with van der Waals surface area (Å²) in [7, 11) is 0. The third kappa shape index (κ3) is 3.54. The fourth-order valence-corrected chi connectivity index (χ4v) is 4.75. The van der Waals surface area contributed by atoms with Gasteiger partial charge in [-0.25, -0.2) is 9.97 Å². The first-order valence-corrected chi connectivity index (χ1v) is 10.7. The quantitative estimate of drug-likeness (QED) is 0.679. The molecule has 2 saturated heterocycles. The van der Waals surface area contributed by atoms with Gasteiger partial charge in [-0.1, -0.05) is 6.92 Å². The average Bonchev–Trinajstić information content (AvgIpc) is 3.27. The highest BCUT2D eigenvalue weighted by Gasteiger charge is 2.51. The molecule has 1 unspecified atom stereocenters.